The molecule has 0 bridgehead atoms. The van der Waals surface area contributed by atoms with Crippen LogP contribution in [0.3, 0.4) is 0 Å². The van der Waals surface area contributed by atoms with Crippen molar-refractivity contribution in [2.45, 2.75) is 18.8 Å². The van der Waals surface area contributed by atoms with Crippen molar-refractivity contribution < 1.29 is 4.79 Å². The highest BCUT2D eigenvalue weighted by Gasteiger charge is 2.28. The number of rotatable bonds is 3. The molecule has 1 aromatic heterocycles. The summed E-state index contributed by atoms with van der Waals surface area (Å²) in [6.45, 7) is 0. The second-order valence-electron chi connectivity index (χ2n) is 3.47. The van der Waals surface area contributed by atoms with Crippen molar-refractivity contribution in [2.24, 2.45) is 5.92 Å². The molecule has 0 saturated heterocycles. The van der Waals surface area contributed by atoms with Crippen LogP contribution in [-0.2, 0) is 4.79 Å². The molecule has 0 amide bonds. The standard InChI is InChI=1S/C11H11ClOS/c12-11(13)10(8-4-1-2-5-8)9-6-3-7-14-9/h1,3-4,6-8,10H,2,5H2. The number of hydrogen-bond donors (Lipinski definition) is 0. The first-order chi connectivity index (χ1) is 6.79. The van der Waals surface area contributed by atoms with Crippen LogP contribution in [0.25, 0.3) is 0 Å². The van der Waals surface area contributed by atoms with Gasteiger partial charge in [-0.15, -0.1) is 11.3 Å². The zero-order chi connectivity index (χ0) is 9.97. The van der Waals surface area contributed by atoms with Gasteiger partial charge in [0.15, 0.2) is 0 Å². The second-order valence-corrected chi connectivity index (χ2v) is 4.82. The van der Waals surface area contributed by atoms with Crippen LogP contribution in [0.1, 0.15) is 23.6 Å². The average molecular weight is 227 g/mol. The molecule has 0 fully saturated rings. The van der Waals surface area contributed by atoms with Crippen LogP contribution in [0.2, 0.25) is 0 Å². The first-order valence-corrected chi connectivity index (χ1v) is 5.94. The van der Waals surface area contributed by atoms with Crippen molar-refractivity contribution in [3.8, 4) is 0 Å². The van der Waals surface area contributed by atoms with Crippen LogP contribution in [0.5, 0.6) is 0 Å². The molecule has 3 heteroatoms. The van der Waals surface area contributed by atoms with Crippen molar-refractivity contribution in [1.82, 2.24) is 0 Å². The van der Waals surface area contributed by atoms with Crippen molar-refractivity contribution in [1.29, 1.82) is 0 Å². The maximum absolute atomic E-state index is 11.4. The Morgan fingerprint density at radius 3 is 3.00 bits per heavy atom. The maximum Gasteiger partial charge on any atom is 0.230 e. The number of allylic oxidation sites excluding steroid dienone is 2. The monoisotopic (exact) mass is 226 g/mol. The minimum Gasteiger partial charge on any atom is -0.281 e. The summed E-state index contributed by atoms with van der Waals surface area (Å²) in [5.41, 5.74) is 0. The van der Waals surface area contributed by atoms with Gasteiger partial charge in [0, 0.05) is 4.88 Å². The first-order valence-electron chi connectivity index (χ1n) is 4.68. The third-order valence-electron chi connectivity index (χ3n) is 2.57. The van der Waals surface area contributed by atoms with E-state index in [9.17, 15) is 4.79 Å². The van der Waals surface area contributed by atoms with Gasteiger partial charge < -0.3 is 0 Å². The lowest BCUT2D eigenvalue weighted by Gasteiger charge is -2.16. The van der Waals surface area contributed by atoms with E-state index in [1.807, 2.05) is 17.5 Å². The Bertz CT molecular complexity index is 342. The van der Waals surface area contributed by atoms with Gasteiger partial charge in [-0.1, -0.05) is 18.2 Å². The Kier molecular flexibility index (Phi) is 3.04. The molecule has 0 saturated carbocycles. The van der Waals surface area contributed by atoms with E-state index in [1.54, 1.807) is 11.3 Å². The lowest BCUT2D eigenvalue weighted by molar-refractivity contribution is -0.113. The van der Waals surface area contributed by atoms with Gasteiger partial charge in [-0.25, -0.2) is 0 Å². The highest BCUT2D eigenvalue weighted by Crippen LogP contribution is 2.36. The summed E-state index contributed by atoms with van der Waals surface area (Å²) < 4.78 is 0. The van der Waals surface area contributed by atoms with E-state index in [0.29, 0.717) is 5.92 Å². The first kappa shape index (κ1) is 9.94. The van der Waals surface area contributed by atoms with Gasteiger partial charge >= 0.3 is 0 Å². The zero-order valence-corrected chi connectivity index (χ0v) is 9.22. The number of thiophene rings is 1. The fourth-order valence-electron chi connectivity index (χ4n) is 1.89. The Labute approximate surface area is 92.4 Å². The number of hydrogen-bond acceptors (Lipinski definition) is 2. The van der Waals surface area contributed by atoms with Gasteiger partial charge in [0.05, 0.1) is 5.92 Å². The molecule has 0 N–H and O–H groups in total. The number of halogens is 1. The predicted octanol–water partition coefficient (Wildman–Crippen LogP) is 3.56. The van der Waals surface area contributed by atoms with Crippen LogP contribution in [-0.4, -0.2) is 5.24 Å². The SMILES string of the molecule is O=C(Cl)C(c1cccs1)C1C=CCC1. The largest absolute Gasteiger partial charge is 0.281 e. The van der Waals surface area contributed by atoms with E-state index in [-0.39, 0.29) is 11.2 Å². The molecule has 1 aliphatic rings. The Balaban J connectivity index is 2.24. The molecule has 2 rings (SSSR count). The minimum absolute atomic E-state index is 0.129. The van der Waals surface area contributed by atoms with Crippen LogP contribution < -0.4 is 0 Å². The molecule has 1 aliphatic carbocycles. The van der Waals surface area contributed by atoms with Crippen molar-refractivity contribution in [3.63, 3.8) is 0 Å². The van der Waals surface area contributed by atoms with Crippen molar-refractivity contribution in [3.05, 3.63) is 34.5 Å². The topological polar surface area (TPSA) is 17.1 Å². The fraction of sp³-hybridized carbons (Fsp3) is 0.364. The van der Waals surface area contributed by atoms with E-state index in [0.717, 1.165) is 17.7 Å². The van der Waals surface area contributed by atoms with Crippen LogP contribution in [0, 0.1) is 5.92 Å². The minimum atomic E-state index is -0.232. The molecule has 0 radical (unpaired) electrons. The second kappa shape index (κ2) is 4.28. The molecule has 0 spiro atoms. The quantitative estimate of drug-likeness (QED) is 0.569. The van der Waals surface area contributed by atoms with E-state index >= 15 is 0 Å². The summed E-state index contributed by atoms with van der Waals surface area (Å²) in [4.78, 5) is 12.5. The lowest BCUT2D eigenvalue weighted by Crippen LogP contribution is -2.14. The molecule has 1 heterocycles. The van der Waals surface area contributed by atoms with Gasteiger partial charge in [0.1, 0.15) is 0 Å². The molecular formula is C11H11ClOS. The third kappa shape index (κ3) is 1.91. The number of carbonyl (C=O) groups excluding carboxylic acids is 1. The highest BCUT2D eigenvalue weighted by atomic mass is 35.5. The molecule has 14 heavy (non-hydrogen) atoms. The Morgan fingerprint density at radius 2 is 2.50 bits per heavy atom. The summed E-state index contributed by atoms with van der Waals surface area (Å²) in [5, 5.41) is 1.75. The summed E-state index contributed by atoms with van der Waals surface area (Å²) >= 11 is 7.26. The highest BCUT2D eigenvalue weighted by molar-refractivity contribution is 7.10. The van der Waals surface area contributed by atoms with Gasteiger partial charge in [-0.3, -0.25) is 4.79 Å². The summed E-state index contributed by atoms with van der Waals surface area (Å²) in [7, 11) is 0. The molecule has 0 aromatic carbocycles. The van der Waals surface area contributed by atoms with Crippen molar-refractivity contribution >= 4 is 28.2 Å². The van der Waals surface area contributed by atoms with Crippen molar-refractivity contribution in [2.75, 3.05) is 0 Å². The molecule has 1 aromatic rings. The molecule has 0 aliphatic heterocycles. The molecular weight excluding hydrogens is 216 g/mol. The molecule has 1 nitrogen and oxygen atoms in total. The van der Waals surface area contributed by atoms with Gasteiger partial charge in [-0.2, -0.15) is 0 Å². The van der Waals surface area contributed by atoms with Crippen LogP contribution in [0.4, 0.5) is 0 Å². The smallest absolute Gasteiger partial charge is 0.230 e. The molecule has 2 unspecified atom stereocenters. The van der Waals surface area contributed by atoms with Gasteiger partial charge in [-0.05, 0) is 41.8 Å². The number of carbonyl (C=O) groups is 1. The maximum atomic E-state index is 11.4. The third-order valence-corrected chi connectivity index (χ3v) is 3.76. The summed E-state index contributed by atoms with van der Waals surface area (Å²) in [6, 6.07) is 3.95. The van der Waals surface area contributed by atoms with Crippen LogP contribution in [0.15, 0.2) is 29.7 Å². The van der Waals surface area contributed by atoms with Crippen LogP contribution >= 0.6 is 22.9 Å². The van der Waals surface area contributed by atoms with E-state index in [2.05, 4.69) is 12.2 Å². The predicted molar refractivity (Wildman–Crippen MR) is 59.8 cm³/mol. The van der Waals surface area contributed by atoms with Gasteiger partial charge in [0.25, 0.3) is 0 Å². The Morgan fingerprint density at radius 1 is 1.64 bits per heavy atom. The fourth-order valence-corrected chi connectivity index (χ4v) is 3.14. The summed E-state index contributed by atoms with van der Waals surface area (Å²) in [6.07, 6.45) is 6.35. The average Bonchev–Trinajstić information content (AvgIpc) is 2.75. The molecule has 2 atom stereocenters. The zero-order valence-electron chi connectivity index (χ0n) is 7.65. The van der Waals surface area contributed by atoms with E-state index < -0.39 is 0 Å². The van der Waals surface area contributed by atoms with E-state index in [4.69, 9.17) is 11.6 Å². The molecule has 74 valence electrons. The van der Waals surface area contributed by atoms with E-state index in [1.165, 1.54) is 0 Å². The lowest BCUT2D eigenvalue weighted by atomic mass is 9.91. The van der Waals surface area contributed by atoms with Gasteiger partial charge in [0.2, 0.25) is 5.24 Å². The normalized spacial score (nSPS) is 22.5. The Hall–Kier alpha value is -0.600. The summed E-state index contributed by atoms with van der Waals surface area (Å²) in [5.74, 6) is 0.175.